The van der Waals surface area contributed by atoms with Crippen LogP contribution < -0.4 is 9.47 Å². The fraction of sp³-hybridized carbons (Fsp3) is 0.320. The molecule has 0 atom stereocenters. The van der Waals surface area contributed by atoms with Crippen LogP contribution in [0.3, 0.4) is 0 Å². The second-order valence-corrected chi connectivity index (χ2v) is 8.49. The Morgan fingerprint density at radius 1 is 0.933 bits per heavy atom. The van der Waals surface area contributed by atoms with Gasteiger partial charge in [0, 0.05) is 10.1 Å². The molecule has 0 aliphatic carbocycles. The first-order valence-corrected chi connectivity index (χ1v) is 11.4. The van der Waals surface area contributed by atoms with Crippen LogP contribution in [0, 0.1) is 0 Å². The molecule has 30 heavy (non-hydrogen) atoms. The van der Waals surface area contributed by atoms with E-state index in [0.717, 1.165) is 51.9 Å². The van der Waals surface area contributed by atoms with Gasteiger partial charge in [-0.3, -0.25) is 0 Å². The number of aromatic carboxylic acids is 1. The van der Waals surface area contributed by atoms with Crippen LogP contribution in [0.2, 0.25) is 0 Å². The standard InChI is InChI=1S/C25H26O4S/c1-3-5-11-28-23-19-14-17-10-8-7-9-16(17)13-18(19)15-20-21(23)22(24(26)27)25(30-20)29-12-6-4-2/h7-10,13-15H,3-6,11-12H2,1-2H3,(H,26,27). The Bertz CT molecular complexity index is 1210. The minimum absolute atomic E-state index is 0.215. The molecule has 3 aromatic carbocycles. The lowest BCUT2D eigenvalue weighted by molar-refractivity contribution is 0.0695. The first-order chi connectivity index (χ1) is 14.6. The number of carbonyl (C=O) groups is 1. The van der Waals surface area contributed by atoms with Crippen molar-refractivity contribution in [2.24, 2.45) is 0 Å². The summed E-state index contributed by atoms with van der Waals surface area (Å²) in [6.45, 7) is 5.27. The number of hydrogen-bond acceptors (Lipinski definition) is 4. The van der Waals surface area contributed by atoms with E-state index in [2.05, 4.69) is 44.2 Å². The molecule has 0 aliphatic rings. The fourth-order valence-electron chi connectivity index (χ4n) is 3.68. The summed E-state index contributed by atoms with van der Waals surface area (Å²) in [6.07, 6.45) is 3.81. The maximum Gasteiger partial charge on any atom is 0.341 e. The maximum atomic E-state index is 12.2. The highest BCUT2D eigenvalue weighted by Gasteiger charge is 2.25. The van der Waals surface area contributed by atoms with Crippen LogP contribution in [0.15, 0.2) is 42.5 Å². The van der Waals surface area contributed by atoms with Crippen LogP contribution in [-0.4, -0.2) is 24.3 Å². The van der Waals surface area contributed by atoms with Crippen LogP contribution in [0.1, 0.15) is 49.9 Å². The second-order valence-electron chi connectivity index (χ2n) is 7.47. The molecule has 1 heterocycles. The van der Waals surface area contributed by atoms with Gasteiger partial charge in [-0.1, -0.05) is 62.3 Å². The highest BCUT2D eigenvalue weighted by molar-refractivity contribution is 7.21. The van der Waals surface area contributed by atoms with E-state index in [0.29, 0.717) is 29.4 Å². The van der Waals surface area contributed by atoms with Crippen molar-refractivity contribution in [1.29, 1.82) is 0 Å². The largest absolute Gasteiger partial charge is 0.492 e. The fourth-order valence-corrected chi connectivity index (χ4v) is 4.79. The third-order valence-electron chi connectivity index (χ3n) is 5.27. The summed E-state index contributed by atoms with van der Waals surface area (Å²) in [4.78, 5) is 12.2. The molecule has 0 fully saturated rings. The van der Waals surface area contributed by atoms with Gasteiger partial charge in [-0.05, 0) is 47.2 Å². The van der Waals surface area contributed by atoms with E-state index in [4.69, 9.17) is 9.47 Å². The lowest BCUT2D eigenvalue weighted by atomic mass is 10.00. The van der Waals surface area contributed by atoms with Crippen LogP contribution in [0.25, 0.3) is 31.6 Å². The molecule has 4 aromatic rings. The van der Waals surface area contributed by atoms with Crippen LogP contribution >= 0.6 is 11.3 Å². The monoisotopic (exact) mass is 422 g/mol. The summed E-state index contributed by atoms with van der Waals surface area (Å²) in [7, 11) is 0. The SMILES string of the molecule is CCCCOc1sc2cc3cc4ccccc4cc3c(OCCCC)c2c1C(=O)O. The zero-order valence-corrected chi connectivity index (χ0v) is 18.2. The minimum atomic E-state index is -0.978. The van der Waals surface area contributed by atoms with Crippen molar-refractivity contribution in [1.82, 2.24) is 0 Å². The molecule has 1 aromatic heterocycles. The van der Waals surface area contributed by atoms with Gasteiger partial charge in [0.15, 0.2) is 5.06 Å². The molecule has 0 radical (unpaired) electrons. The van der Waals surface area contributed by atoms with Crippen LogP contribution in [0.5, 0.6) is 10.8 Å². The molecule has 0 spiro atoms. The van der Waals surface area contributed by atoms with Crippen molar-refractivity contribution < 1.29 is 19.4 Å². The van der Waals surface area contributed by atoms with Gasteiger partial charge in [-0.25, -0.2) is 4.79 Å². The summed E-state index contributed by atoms with van der Waals surface area (Å²) < 4.78 is 13.0. The number of thiophene rings is 1. The molecule has 0 amide bonds. The van der Waals surface area contributed by atoms with E-state index in [-0.39, 0.29) is 5.56 Å². The van der Waals surface area contributed by atoms with Crippen molar-refractivity contribution in [2.45, 2.75) is 39.5 Å². The smallest absolute Gasteiger partial charge is 0.341 e. The van der Waals surface area contributed by atoms with E-state index in [1.807, 2.05) is 12.1 Å². The van der Waals surface area contributed by atoms with Crippen LogP contribution in [-0.2, 0) is 0 Å². The molecule has 4 nitrogen and oxygen atoms in total. The lowest BCUT2D eigenvalue weighted by Gasteiger charge is -2.13. The number of benzene rings is 3. The van der Waals surface area contributed by atoms with Gasteiger partial charge in [-0.2, -0.15) is 0 Å². The molecular formula is C25H26O4S. The molecule has 4 rings (SSSR count). The normalized spacial score (nSPS) is 11.4. The van der Waals surface area contributed by atoms with E-state index in [1.54, 1.807) is 0 Å². The van der Waals surface area contributed by atoms with Crippen molar-refractivity contribution in [3.63, 3.8) is 0 Å². The van der Waals surface area contributed by atoms with Gasteiger partial charge >= 0.3 is 5.97 Å². The topological polar surface area (TPSA) is 55.8 Å². The van der Waals surface area contributed by atoms with Gasteiger partial charge in [0.25, 0.3) is 0 Å². The van der Waals surface area contributed by atoms with Crippen molar-refractivity contribution in [2.75, 3.05) is 13.2 Å². The number of ether oxygens (including phenoxy) is 2. The predicted molar refractivity (Wildman–Crippen MR) is 125 cm³/mol. The Kier molecular flexibility index (Phi) is 6.09. The number of unbranched alkanes of at least 4 members (excludes halogenated alkanes) is 2. The van der Waals surface area contributed by atoms with E-state index >= 15 is 0 Å². The first-order valence-electron chi connectivity index (χ1n) is 10.5. The average Bonchev–Trinajstić information content (AvgIpc) is 3.10. The zero-order chi connectivity index (χ0) is 21.1. The molecule has 156 valence electrons. The molecule has 1 N–H and O–H groups in total. The zero-order valence-electron chi connectivity index (χ0n) is 17.4. The Morgan fingerprint density at radius 3 is 2.27 bits per heavy atom. The third kappa shape index (κ3) is 3.82. The quantitative estimate of drug-likeness (QED) is 0.228. The molecule has 0 saturated carbocycles. The maximum absolute atomic E-state index is 12.2. The Hall–Kier alpha value is -2.79. The van der Waals surface area contributed by atoms with E-state index < -0.39 is 5.97 Å². The molecule has 0 bridgehead atoms. The second kappa shape index (κ2) is 8.92. The Morgan fingerprint density at radius 2 is 1.60 bits per heavy atom. The van der Waals surface area contributed by atoms with Gasteiger partial charge < -0.3 is 14.6 Å². The number of fused-ring (bicyclic) bond motifs is 3. The number of carboxylic acid groups (broad SMARTS) is 1. The molecule has 0 unspecified atom stereocenters. The van der Waals surface area contributed by atoms with Crippen molar-refractivity contribution in [3.8, 4) is 10.8 Å². The van der Waals surface area contributed by atoms with Crippen molar-refractivity contribution >= 4 is 48.9 Å². The van der Waals surface area contributed by atoms with Gasteiger partial charge in [0.05, 0.1) is 18.6 Å². The Balaban J connectivity index is 1.99. The molecule has 0 aliphatic heterocycles. The average molecular weight is 423 g/mol. The summed E-state index contributed by atoms with van der Waals surface area (Å²) >= 11 is 1.39. The number of rotatable bonds is 9. The van der Waals surface area contributed by atoms with Gasteiger partial charge in [0.2, 0.25) is 0 Å². The predicted octanol–water partition coefficient (Wildman–Crippen LogP) is 7.26. The Labute approximate surface area is 180 Å². The van der Waals surface area contributed by atoms with Gasteiger partial charge in [-0.15, -0.1) is 0 Å². The molecule has 0 saturated heterocycles. The van der Waals surface area contributed by atoms with E-state index in [1.165, 1.54) is 11.3 Å². The minimum Gasteiger partial charge on any atom is -0.492 e. The van der Waals surface area contributed by atoms with Crippen molar-refractivity contribution in [3.05, 3.63) is 48.0 Å². The summed E-state index contributed by atoms with van der Waals surface area (Å²) in [5.41, 5.74) is 0.215. The first kappa shape index (κ1) is 20.5. The molecule has 5 heteroatoms. The third-order valence-corrected chi connectivity index (χ3v) is 6.32. The van der Waals surface area contributed by atoms with E-state index in [9.17, 15) is 9.90 Å². The highest BCUT2D eigenvalue weighted by atomic mass is 32.1. The van der Waals surface area contributed by atoms with Gasteiger partial charge in [0.1, 0.15) is 11.3 Å². The highest BCUT2D eigenvalue weighted by Crippen LogP contribution is 2.46. The number of carboxylic acids is 1. The number of hydrogen-bond donors (Lipinski definition) is 1. The lowest BCUT2D eigenvalue weighted by Crippen LogP contribution is -2.03. The summed E-state index contributed by atoms with van der Waals surface area (Å²) in [5, 5.41) is 15.4. The molecular weight excluding hydrogens is 396 g/mol. The summed E-state index contributed by atoms with van der Waals surface area (Å²) in [6, 6.07) is 14.5. The summed E-state index contributed by atoms with van der Waals surface area (Å²) in [5.74, 6) is -0.325. The van der Waals surface area contributed by atoms with Crippen LogP contribution in [0.4, 0.5) is 0 Å².